The van der Waals surface area contributed by atoms with Gasteiger partial charge in [0, 0.05) is 20.6 Å². The van der Waals surface area contributed by atoms with Gasteiger partial charge in [0.05, 0.1) is 12.0 Å². The van der Waals surface area contributed by atoms with Gasteiger partial charge in [-0.25, -0.2) is 4.79 Å². The second-order valence-electron chi connectivity index (χ2n) is 5.93. The van der Waals surface area contributed by atoms with Gasteiger partial charge in [-0.2, -0.15) is 0 Å². The van der Waals surface area contributed by atoms with Crippen LogP contribution in [0.4, 0.5) is 4.79 Å². The molecule has 0 bridgehead atoms. The molecule has 114 valence electrons. The molecule has 1 aromatic rings. The summed E-state index contributed by atoms with van der Waals surface area (Å²) in [5.41, 5.74) is 1.06. The van der Waals surface area contributed by atoms with Crippen LogP contribution < -0.4 is 0 Å². The topological polar surface area (TPSA) is 60.9 Å². The molecule has 5 heteroatoms. The lowest BCUT2D eigenvalue weighted by Gasteiger charge is -2.28. The van der Waals surface area contributed by atoms with E-state index in [-0.39, 0.29) is 23.8 Å². The maximum absolute atomic E-state index is 12.4. The van der Waals surface area contributed by atoms with Gasteiger partial charge in [-0.1, -0.05) is 37.3 Å². The van der Waals surface area contributed by atoms with Crippen molar-refractivity contribution >= 4 is 12.0 Å². The highest BCUT2D eigenvalue weighted by molar-refractivity contribution is 5.81. The first-order valence-corrected chi connectivity index (χ1v) is 7.16. The number of hydrogen-bond donors (Lipinski definition) is 1. The van der Waals surface area contributed by atoms with E-state index >= 15 is 0 Å². The molecular weight excluding hydrogens is 268 g/mol. The van der Waals surface area contributed by atoms with Crippen molar-refractivity contribution in [2.75, 3.05) is 20.6 Å². The first-order chi connectivity index (χ1) is 9.91. The Labute approximate surface area is 125 Å². The van der Waals surface area contributed by atoms with Crippen molar-refractivity contribution in [2.45, 2.75) is 19.4 Å². The van der Waals surface area contributed by atoms with Gasteiger partial charge in [0.1, 0.15) is 0 Å². The van der Waals surface area contributed by atoms with Crippen molar-refractivity contribution < 1.29 is 14.7 Å². The van der Waals surface area contributed by atoms with E-state index in [0.717, 1.165) is 5.56 Å². The molecule has 21 heavy (non-hydrogen) atoms. The van der Waals surface area contributed by atoms with E-state index in [4.69, 9.17) is 0 Å². The molecule has 1 heterocycles. The molecule has 3 unspecified atom stereocenters. The molecule has 1 aliphatic rings. The van der Waals surface area contributed by atoms with Crippen LogP contribution >= 0.6 is 0 Å². The van der Waals surface area contributed by atoms with Gasteiger partial charge >= 0.3 is 6.09 Å². The Balaban J connectivity index is 2.29. The number of nitrogens with zero attached hydrogens (tertiary/aromatic N) is 2. The Bertz CT molecular complexity index is 516. The van der Waals surface area contributed by atoms with Gasteiger partial charge in [0.15, 0.2) is 0 Å². The minimum Gasteiger partial charge on any atom is -0.465 e. The van der Waals surface area contributed by atoms with Crippen LogP contribution in [0, 0.1) is 11.8 Å². The van der Waals surface area contributed by atoms with Crippen molar-refractivity contribution in [1.82, 2.24) is 9.80 Å². The third-order valence-electron chi connectivity index (χ3n) is 4.17. The molecular formula is C16H22N2O3. The van der Waals surface area contributed by atoms with E-state index in [0.29, 0.717) is 13.0 Å². The highest BCUT2D eigenvalue weighted by atomic mass is 16.4. The van der Waals surface area contributed by atoms with Gasteiger partial charge in [-0.05, 0) is 17.9 Å². The number of amides is 2. The summed E-state index contributed by atoms with van der Waals surface area (Å²) in [7, 11) is 3.44. The molecule has 0 aliphatic carbocycles. The number of carboxylic acid groups (broad SMARTS) is 1. The zero-order chi connectivity index (χ0) is 15.6. The molecule has 0 spiro atoms. The van der Waals surface area contributed by atoms with Crippen molar-refractivity contribution in [3.05, 3.63) is 35.9 Å². The quantitative estimate of drug-likeness (QED) is 0.925. The monoisotopic (exact) mass is 290 g/mol. The van der Waals surface area contributed by atoms with Crippen LogP contribution in [0.25, 0.3) is 0 Å². The fraction of sp³-hybridized carbons (Fsp3) is 0.500. The minimum atomic E-state index is -0.947. The minimum absolute atomic E-state index is 0.00665. The Morgan fingerprint density at radius 3 is 2.43 bits per heavy atom. The lowest BCUT2D eigenvalue weighted by atomic mass is 9.87. The molecule has 1 N–H and O–H groups in total. The Hall–Kier alpha value is -2.04. The third-order valence-corrected chi connectivity index (χ3v) is 4.17. The van der Waals surface area contributed by atoms with Crippen LogP contribution in [0.2, 0.25) is 0 Å². The number of carbonyl (C=O) groups excluding carboxylic acids is 1. The number of rotatable bonds is 3. The summed E-state index contributed by atoms with van der Waals surface area (Å²) in [6.45, 7) is 2.37. The molecule has 2 amide bonds. The van der Waals surface area contributed by atoms with Crippen LogP contribution in [-0.4, -0.2) is 53.6 Å². The van der Waals surface area contributed by atoms with Crippen LogP contribution in [-0.2, 0) is 11.2 Å². The molecule has 0 radical (unpaired) electrons. The predicted octanol–water partition coefficient (Wildman–Crippen LogP) is 1.93. The van der Waals surface area contributed by atoms with Crippen molar-refractivity contribution in [3.8, 4) is 0 Å². The highest BCUT2D eigenvalue weighted by Crippen LogP contribution is 2.33. The largest absolute Gasteiger partial charge is 0.465 e. The lowest BCUT2D eigenvalue weighted by molar-refractivity contribution is -0.134. The smallest absolute Gasteiger partial charge is 0.407 e. The number of hydrogen-bond acceptors (Lipinski definition) is 2. The predicted molar refractivity (Wildman–Crippen MR) is 80.0 cm³/mol. The van der Waals surface area contributed by atoms with Gasteiger partial charge in [-0.3, -0.25) is 4.79 Å². The second-order valence-corrected chi connectivity index (χ2v) is 5.93. The summed E-state index contributed by atoms with van der Waals surface area (Å²) in [5.74, 6) is -0.242. The Kier molecular flexibility index (Phi) is 4.50. The van der Waals surface area contributed by atoms with Crippen molar-refractivity contribution in [2.24, 2.45) is 11.8 Å². The average molecular weight is 290 g/mol. The molecule has 0 aromatic heterocycles. The normalized spacial score (nSPS) is 24.9. The first-order valence-electron chi connectivity index (χ1n) is 7.16. The van der Waals surface area contributed by atoms with Gasteiger partial charge in [0.25, 0.3) is 0 Å². The first kappa shape index (κ1) is 15.4. The molecule has 5 nitrogen and oxygen atoms in total. The van der Waals surface area contributed by atoms with Gasteiger partial charge < -0.3 is 14.9 Å². The molecule has 1 aromatic carbocycles. The van der Waals surface area contributed by atoms with Crippen molar-refractivity contribution in [3.63, 3.8) is 0 Å². The zero-order valence-corrected chi connectivity index (χ0v) is 12.7. The van der Waals surface area contributed by atoms with Crippen LogP contribution in [0.3, 0.4) is 0 Å². The molecule has 3 atom stereocenters. The fourth-order valence-corrected chi connectivity index (χ4v) is 3.15. The number of carbonyl (C=O) groups is 2. The summed E-state index contributed by atoms with van der Waals surface area (Å²) in [6, 6.07) is 9.44. The summed E-state index contributed by atoms with van der Waals surface area (Å²) < 4.78 is 0. The summed E-state index contributed by atoms with van der Waals surface area (Å²) in [5, 5.41) is 9.42. The molecule has 2 rings (SSSR count). The third kappa shape index (κ3) is 3.17. The number of likely N-dealkylation sites (tertiary alicyclic amines) is 1. The lowest BCUT2D eigenvalue weighted by Crippen LogP contribution is -2.43. The van der Waals surface area contributed by atoms with Crippen LogP contribution in [0.1, 0.15) is 12.5 Å². The standard InChI is InChI=1S/C16H22N2O3/c1-11-10-18(16(20)21)13(14(11)15(19)17(2)3)9-12-7-5-4-6-8-12/h4-8,11,13-14H,9-10H2,1-3H3,(H,20,21). The van der Waals surface area contributed by atoms with E-state index in [9.17, 15) is 14.7 Å². The highest BCUT2D eigenvalue weighted by Gasteiger charge is 2.46. The van der Waals surface area contributed by atoms with Gasteiger partial charge in [0.2, 0.25) is 5.91 Å². The molecule has 1 fully saturated rings. The van der Waals surface area contributed by atoms with E-state index in [1.54, 1.807) is 19.0 Å². The maximum atomic E-state index is 12.4. The Morgan fingerprint density at radius 1 is 1.29 bits per heavy atom. The second kappa shape index (κ2) is 6.16. The van der Waals surface area contributed by atoms with Crippen LogP contribution in [0.5, 0.6) is 0 Å². The molecule has 0 saturated carbocycles. The Morgan fingerprint density at radius 2 is 1.90 bits per heavy atom. The molecule has 1 saturated heterocycles. The number of benzene rings is 1. The average Bonchev–Trinajstić information content (AvgIpc) is 2.76. The summed E-state index contributed by atoms with van der Waals surface area (Å²) in [4.78, 5) is 26.9. The van der Waals surface area contributed by atoms with Crippen molar-refractivity contribution in [1.29, 1.82) is 0 Å². The zero-order valence-electron chi connectivity index (χ0n) is 12.7. The SMILES string of the molecule is CC1CN(C(=O)O)C(Cc2ccccc2)C1C(=O)N(C)C. The molecule has 1 aliphatic heterocycles. The van der Waals surface area contributed by atoms with Crippen LogP contribution in [0.15, 0.2) is 30.3 Å². The maximum Gasteiger partial charge on any atom is 0.407 e. The van der Waals surface area contributed by atoms with E-state index in [1.807, 2.05) is 37.3 Å². The van der Waals surface area contributed by atoms with E-state index < -0.39 is 6.09 Å². The summed E-state index contributed by atoms with van der Waals surface area (Å²) >= 11 is 0. The van der Waals surface area contributed by atoms with E-state index in [1.165, 1.54) is 4.90 Å². The fourth-order valence-electron chi connectivity index (χ4n) is 3.15. The summed E-state index contributed by atoms with van der Waals surface area (Å²) in [6.07, 6.45) is -0.376. The van der Waals surface area contributed by atoms with E-state index in [2.05, 4.69) is 0 Å². The van der Waals surface area contributed by atoms with Gasteiger partial charge in [-0.15, -0.1) is 0 Å².